The van der Waals surface area contributed by atoms with Crippen molar-refractivity contribution >= 4 is 5.97 Å². The molecular formula is C15H23N3O3. The van der Waals surface area contributed by atoms with Crippen molar-refractivity contribution in [2.45, 2.75) is 39.2 Å². The number of nitrogens with zero attached hydrogens (tertiary/aromatic N) is 3. The Morgan fingerprint density at radius 3 is 2.43 bits per heavy atom. The van der Waals surface area contributed by atoms with Crippen molar-refractivity contribution in [1.82, 2.24) is 14.9 Å². The molecule has 0 aliphatic carbocycles. The highest BCUT2D eigenvalue weighted by Gasteiger charge is 2.24. The molecule has 6 nitrogen and oxygen atoms in total. The number of rotatable bonds is 5. The Labute approximate surface area is 125 Å². The lowest BCUT2D eigenvalue weighted by molar-refractivity contribution is -0.136. The summed E-state index contributed by atoms with van der Waals surface area (Å²) in [4.78, 5) is 22.4. The van der Waals surface area contributed by atoms with E-state index in [1.807, 2.05) is 13.8 Å². The molecule has 0 amide bonds. The maximum atomic E-state index is 11.0. The van der Waals surface area contributed by atoms with Gasteiger partial charge in [-0.05, 0) is 19.9 Å². The zero-order chi connectivity index (χ0) is 15.4. The summed E-state index contributed by atoms with van der Waals surface area (Å²) in [7, 11) is 2.05. The molecule has 1 aromatic heterocycles. The third-order valence-electron chi connectivity index (χ3n) is 3.75. The fraction of sp³-hybridized carbons (Fsp3) is 0.667. The van der Waals surface area contributed by atoms with Crippen LogP contribution in [0.25, 0.3) is 0 Å². The van der Waals surface area contributed by atoms with Gasteiger partial charge >= 0.3 is 5.97 Å². The molecule has 1 N–H and O–H groups in total. The highest BCUT2D eigenvalue weighted by atomic mass is 16.5. The van der Waals surface area contributed by atoms with Gasteiger partial charge in [0.05, 0.1) is 13.0 Å². The Morgan fingerprint density at radius 2 is 1.95 bits per heavy atom. The van der Waals surface area contributed by atoms with E-state index in [-0.39, 0.29) is 12.5 Å². The molecule has 1 unspecified atom stereocenters. The summed E-state index contributed by atoms with van der Waals surface area (Å²) in [5.74, 6) is -0.159. The summed E-state index contributed by atoms with van der Waals surface area (Å²) in [6.45, 7) is 6.33. The van der Waals surface area contributed by atoms with Crippen molar-refractivity contribution in [2.75, 3.05) is 26.7 Å². The van der Waals surface area contributed by atoms with E-state index in [1.165, 1.54) is 0 Å². The molecule has 1 atom stereocenters. The standard InChI is InChI=1S/C15H23N3O3/c1-4-11-10(8-14(19)20)12(5-2)17-15(16-11)13-9-18(3)6-7-21-13/h13H,4-9H2,1-3H3,(H,19,20). The van der Waals surface area contributed by atoms with Crippen LogP contribution in [0.3, 0.4) is 0 Å². The predicted octanol–water partition coefficient (Wildman–Crippen LogP) is 1.23. The fourth-order valence-electron chi connectivity index (χ4n) is 2.62. The zero-order valence-electron chi connectivity index (χ0n) is 12.9. The molecule has 21 heavy (non-hydrogen) atoms. The van der Waals surface area contributed by atoms with E-state index in [0.29, 0.717) is 25.3 Å². The van der Waals surface area contributed by atoms with Gasteiger partial charge in [0.25, 0.3) is 0 Å². The molecule has 0 saturated carbocycles. The monoisotopic (exact) mass is 293 g/mol. The van der Waals surface area contributed by atoms with Crippen LogP contribution >= 0.6 is 0 Å². The number of carboxylic acid groups (broad SMARTS) is 1. The third kappa shape index (κ3) is 3.77. The summed E-state index contributed by atoms with van der Waals surface area (Å²) in [6, 6.07) is 0. The van der Waals surface area contributed by atoms with E-state index in [9.17, 15) is 4.79 Å². The first-order valence-electron chi connectivity index (χ1n) is 7.45. The average molecular weight is 293 g/mol. The number of hydrogen-bond donors (Lipinski definition) is 1. The van der Waals surface area contributed by atoms with Gasteiger partial charge in [-0.3, -0.25) is 4.79 Å². The number of carbonyl (C=O) groups is 1. The molecule has 1 aromatic rings. The normalized spacial score (nSPS) is 19.7. The van der Waals surface area contributed by atoms with Crippen LogP contribution in [0.1, 0.15) is 42.7 Å². The van der Waals surface area contributed by atoms with Gasteiger partial charge in [0.2, 0.25) is 0 Å². The van der Waals surface area contributed by atoms with Gasteiger partial charge in [-0.1, -0.05) is 13.8 Å². The van der Waals surface area contributed by atoms with Crippen LogP contribution in [0.2, 0.25) is 0 Å². The SMILES string of the molecule is CCc1nc(C2CN(C)CCO2)nc(CC)c1CC(=O)O. The summed E-state index contributed by atoms with van der Waals surface area (Å²) in [5.41, 5.74) is 2.42. The molecule has 2 heterocycles. The Kier molecular flexibility index (Phi) is 5.25. The van der Waals surface area contributed by atoms with Crippen LogP contribution in [0.5, 0.6) is 0 Å². The Balaban J connectivity index is 2.37. The number of aliphatic carboxylic acids is 1. The highest BCUT2D eigenvalue weighted by Crippen LogP contribution is 2.22. The lowest BCUT2D eigenvalue weighted by Crippen LogP contribution is -2.36. The van der Waals surface area contributed by atoms with Crippen LogP contribution in [0, 0.1) is 0 Å². The minimum Gasteiger partial charge on any atom is -0.481 e. The van der Waals surface area contributed by atoms with E-state index in [2.05, 4.69) is 21.9 Å². The molecule has 1 fully saturated rings. The molecule has 0 radical (unpaired) electrons. The highest BCUT2D eigenvalue weighted by molar-refractivity contribution is 5.71. The molecule has 1 aliphatic heterocycles. The Bertz CT molecular complexity index is 494. The number of morpholine rings is 1. The zero-order valence-corrected chi connectivity index (χ0v) is 12.9. The first kappa shape index (κ1) is 15.9. The summed E-state index contributed by atoms with van der Waals surface area (Å²) >= 11 is 0. The lowest BCUT2D eigenvalue weighted by Gasteiger charge is -2.29. The van der Waals surface area contributed by atoms with Crippen molar-refractivity contribution in [3.8, 4) is 0 Å². The number of carboxylic acids is 1. The second-order valence-electron chi connectivity index (χ2n) is 5.35. The van der Waals surface area contributed by atoms with Gasteiger partial charge in [-0.25, -0.2) is 9.97 Å². The molecule has 0 aromatic carbocycles. The summed E-state index contributed by atoms with van der Waals surface area (Å²) in [5, 5.41) is 9.07. The molecule has 6 heteroatoms. The van der Waals surface area contributed by atoms with Crippen LogP contribution in [0.4, 0.5) is 0 Å². The van der Waals surface area contributed by atoms with Gasteiger partial charge in [0.1, 0.15) is 6.10 Å². The fourth-order valence-corrected chi connectivity index (χ4v) is 2.62. The van der Waals surface area contributed by atoms with Crippen LogP contribution in [0.15, 0.2) is 0 Å². The second-order valence-corrected chi connectivity index (χ2v) is 5.35. The quantitative estimate of drug-likeness (QED) is 0.880. The number of hydrogen-bond acceptors (Lipinski definition) is 5. The maximum Gasteiger partial charge on any atom is 0.307 e. The Morgan fingerprint density at radius 1 is 1.33 bits per heavy atom. The van der Waals surface area contributed by atoms with Crippen LogP contribution < -0.4 is 0 Å². The van der Waals surface area contributed by atoms with Gasteiger partial charge in [0, 0.05) is 30.0 Å². The number of aryl methyl sites for hydroxylation is 2. The largest absolute Gasteiger partial charge is 0.481 e. The molecule has 1 aliphatic rings. The number of likely N-dealkylation sites (N-methyl/N-ethyl adjacent to an activating group) is 1. The minimum atomic E-state index is -0.843. The molecular weight excluding hydrogens is 270 g/mol. The third-order valence-corrected chi connectivity index (χ3v) is 3.75. The summed E-state index contributed by atoms with van der Waals surface area (Å²) < 4.78 is 5.77. The van der Waals surface area contributed by atoms with Gasteiger partial charge in [-0.2, -0.15) is 0 Å². The number of aromatic nitrogens is 2. The van der Waals surface area contributed by atoms with Crippen LogP contribution in [-0.4, -0.2) is 52.7 Å². The van der Waals surface area contributed by atoms with Crippen molar-refractivity contribution in [2.24, 2.45) is 0 Å². The van der Waals surface area contributed by atoms with Crippen molar-refractivity contribution in [1.29, 1.82) is 0 Å². The van der Waals surface area contributed by atoms with Crippen LogP contribution in [-0.2, 0) is 28.8 Å². The minimum absolute atomic E-state index is 0.0158. The second kappa shape index (κ2) is 6.95. The topological polar surface area (TPSA) is 75.5 Å². The summed E-state index contributed by atoms with van der Waals surface area (Å²) in [6.07, 6.45) is 1.26. The molecule has 0 spiro atoms. The van der Waals surface area contributed by atoms with Crippen molar-refractivity contribution in [3.63, 3.8) is 0 Å². The predicted molar refractivity (Wildman–Crippen MR) is 78.3 cm³/mol. The van der Waals surface area contributed by atoms with Gasteiger partial charge in [0.15, 0.2) is 5.82 Å². The van der Waals surface area contributed by atoms with E-state index in [0.717, 1.165) is 30.0 Å². The van der Waals surface area contributed by atoms with E-state index in [4.69, 9.17) is 9.84 Å². The average Bonchev–Trinajstić information content (AvgIpc) is 2.46. The van der Waals surface area contributed by atoms with Crippen molar-refractivity contribution in [3.05, 3.63) is 22.8 Å². The van der Waals surface area contributed by atoms with E-state index in [1.54, 1.807) is 0 Å². The first-order valence-corrected chi connectivity index (χ1v) is 7.45. The molecule has 116 valence electrons. The molecule has 2 rings (SSSR count). The first-order chi connectivity index (χ1) is 10.0. The van der Waals surface area contributed by atoms with E-state index >= 15 is 0 Å². The van der Waals surface area contributed by atoms with E-state index < -0.39 is 5.97 Å². The smallest absolute Gasteiger partial charge is 0.307 e. The van der Waals surface area contributed by atoms with Gasteiger partial charge < -0.3 is 14.7 Å². The maximum absolute atomic E-state index is 11.0. The number of ether oxygens (including phenoxy) is 1. The molecule has 0 bridgehead atoms. The molecule has 1 saturated heterocycles. The van der Waals surface area contributed by atoms with Gasteiger partial charge in [-0.15, -0.1) is 0 Å². The lowest BCUT2D eigenvalue weighted by atomic mass is 10.0. The van der Waals surface area contributed by atoms with Crippen molar-refractivity contribution < 1.29 is 14.6 Å². The Hall–Kier alpha value is -1.53.